The van der Waals surface area contributed by atoms with E-state index in [1.807, 2.05) is 30.9 Å². The number of rotatable bonds is 2. The van der Waals surface area contributed by atoms with Crippen molar-refractivity contribution in [2.45, 2.75) is 57.2 Å². The number of aryl methyl sites for hydroxylation is 1. The minimum Gasteiger partial charge on any atom is -0.491 e. The van der Waals surface area contributed by atoms with Crippen LogP contribution in [0, 0.1) is 12.8 Å². The molecule has 4 unspecified atom stereocenters. The topological polar surface area (TPSA) is 71.0 Å². The first-order valence-electron chi connectivity index (χ1n) is 10.0. The molecule has 0 spiro atoms. The summed E-state index contributed by atoms with van der Waals surface area (Å²) in [5.41, 5.74) is 1.50. The number of benzene rings is 1. The van der Waals surface area contributed by atoms with Crippen LogP contribution in [0.2, 0.25) is 0 Å². The van der Waals surface area contributed by atoms with E-state index in [1.165, 1.54) is 0 Å². The molecule has 148 valence electrons. The fourth-order valence-electron chi connectivity index (χ4n) is 4.78. The van der Waals surface area contributed by atoms with Crippen molar-refractivity contribution < 1.29 is 19.4 Å². The molecule has 3 heterocycles. The van der Waals surface area contributed by atoms with E-state index in [9.17, 15) is 9.90 Å². The molecule has 0 radical (unpaired) electrons. The Kier molecular flexibility index (Phi) is 5.03. The van der Waals surface area contributed by atoms with Crippen molar-refractivity contribution in [3.63, 3.8) is 0 Å². The third kappa shape index (κ3) is 3.65. The molecule has 4 atom stereocenters. The van der Waals surface area contributed by atoms with Gasteiger partial charge in [-0.25, -0.2) is 4.79 Å². The minimum atomic E-state index is -0.782. The zero-order chi connectivity index (χ0) is 19.0. The number of nitrogens with zero attached hydrogens (tertiary/aromatic N) is 1. The van der Waals surface area contributed by atoms with Crippen molar-refractivity contribution in [2.24, 2.45) is 5.92 Å². The van der Waals surface area contributed by atoms with Crippen molar-refractivity contribution in [3.8, 4) is 5.75 Å². The van der Waals surface area contributed by atoms with E-state index >= 15 is 0 Å². The number of amides is 2. The molecule has 0 bridgehead atoms. The van der Waals surface area contributed by atoms with Crippen molar-refractivity contribution in [1.29, 1.82) is 0 Å². The van der Waals surface area contributed by atoms with Gasteiger partial charge < -0.3 is 24.8 Å². The predicted octanol–water partition coefficient (Wildman–Crippen LogP) is 2.26. The SMILES string of the molecule is Cc1cccc2c1OCC(NC(=O)N1CCCC1C1COCCC1(C)O)C2. The molecule has 2 fully saturated rings. The number of likely N-dealkylation sites (tertiary alicyclic amines) is 1. The van der Waals surface area contributed by atoms with Crippen LogP contribution in [-0.4, -0.2) is 60.1 Å². The molecule has 6 heteroatoms. The van der Waals surface area contributed by atoms with E-state index in [4.69, 9.17) is 9.47 Å². The van der Waals surface area contributed by atoms with Crippen molar-refractivity contribution in [1.82, 2.24) is 10.2 Å². The van der Waals surface area contributed by atoms with E-state index in [0.29, 0.717) is 26.2 Å². The van der Waals surface area contributed by atoms with Gasteiger partial charge in [0.2, 0.25) is 0 Å². The van der Waals surface area contributed by atoms with Gasteiger partial charge in [-0.05, 0) is 50.7 Å². The van der Waals surface area contributed by atoms with Crippen molar-refractivity contribution >= 4 is 6.03 Å². The molecule has 2 N–H and O–H groups in total. The summed E-state index contributed by atoms with van der Waals surface area (Å²) in [5.74, 6) is 0.919. The van der Waals surface area contributed by atoms with Crippen LogP contribution < -0.4 is 10.1 Å². The largest absolute Gasteiger partial charge is 0.491 e. The molecule has 1 aromatic carbocycles. The van der Waals surface area contributed by atoms with Gasteiger partial charge in [-0.15, -0.1) is 0 Å². The Morgan fingerprint density at radius 1 is 1.37 bits per heavy atom. The van der Waals surface area contributed by atoms with Crippen LogP contribution in [0.25, 0.3) is 0 Å². The number of carbonyl (C=O) groups is 1. The number of urea groups is 1. The number of carbonyl (C=O) groups excluding carboxylic acids is 1. The standard InChI is InChI=1S/C21H30N2O4/c1-14-5-3-6-15-11-16(12-27-19(14)15)22-20(24)23-9-4-7-18(23)17-13-26-10-8-21(17,2)25/h3,5-6,16-18,25H,4,7-13H2,1-2H3,(H,22,24). The van der Waals surface area contributed by atoms with Crippen LogP contribution in [0.5, 0.6) is 5.75 Å². The molecule has 0 aromatic heterocycles. The highest BCUT2D eigenvalue weighted by molar-refractivity contribution is 5.75. The number of para-hydroxylation sites is 1. The van der Waals surface area contributed by atoms with Crippen LogP contribution in [-0.2, 0) is 11.2 Å². The normalized spacial score (nSPS) is 33.3. The highest BCUT2D eigenvalue weighted by Crippen LogP contribution is 2.36. The summed E-state index contributed by atoms with van der Waals surface area (Å²) in [5, 5.41) is 13.9. The molecular weight excluding hydrogens is 344 g/mol. The smallest absolute Gasteiger partial charge is 0.318 e. The zero-order valence-corrected chi connectivity index (χ0v) is 16.2. The summed E-state index contributed by atoms with van der Waals surface area (Å²) < 4.78 is 11.5. The molecule has 3 aliphatic rings. The summed E-state index contributed by atoms with van der Waals surface area (Å²) >= 11 is 0. The van der Waals surface area contributed by atoms with Gasteiger partial charge in [0.1, 0.15) is 12.4 Å². The summed E-state index contributed by atoms with van der Waals surface area (Å²) in [4.78, 5) is 14.9. The molecule has 1 aromatic rings. The molecule has 3 aliphatic heterocycles. The van der Waals surface area contributed by atoms with Gasteiger partial charge in [0, 0.05) is 25.1 Å². The maximum atomic E-state index is 13.0. The first-order chi connectivity index (χ1) is 13.0. The lowest BCUT2D eigenvalue weighted by molar-refractivity contribution is -0.119. The molecule has 0 saturated carbocycles. The zero-order valence-electron chi connectivity index (χ0n) is 16.2. The first-order valence-corrected chi connectivity index (χ1v) is 10.0. The lowest BCUT2D eigenvalue weighted by atomic mass is 9.79. The van der Waals surface area contributed by atoms with Gasteiger partial charge in [0.05, 0.1) is 18.2 Å². The predicted molar refractivity (Wildman–Crippen MR) is 102 cm³/mol. The molecule has 0 aliphatic carbocycles. The summed E-state index contributed by atoms with van der Waals surface area (Å²) in [6, 6.07) is 6.09. The Labute approximate surface area is 160 Å². The fraction of sp³-hybridized carbons (Fsp3) is 0.667. The van der Waals surface area contributed by atoms with Gasteiger partial charge >= 0.3 is 6.03 Å². The molecule has 27 heavy (non-hydrogen) atoms. The van der Waals surface area contributed by atoms with Crippen LogP contribution in [0.3, 0.4) is 0 Å². The second kappa shape index (κ2) is 7.32. The van der Waals surface area contributed by atoms with Crippen LogP contribution in [0.1, 0.15) is 37.3 Å². The highest BCUT2D eigenvalue weighted by atomic mass is 16.5. The number of nitrogens with one attached hydrogen (secondary N) is 1. The summed E-state index contributed by atoms with van der Waals surface area (Å²) in [7, 11) is 0. The van der Waals surface area contributed by atoms with Crippen LogP contribution in [0.15, 0.2) is 18.2 Å². The molecule has 2 saturated heterocycles. The van der Waals surface area contributed by atoms with E-state index in [0.717, 1.165) is 42.7 Å². The van der Waals surface area contributed by atoms with Crippen molar-refractivity contribution in [2.75, 3.05) is 26.4 Å². The Bertz CT molecular complexity index is 705. The average molecular weight is 374 g/mol. The molecule has 2 amide bonds. The minimum absolute atomic E-state index is 0.0272. The number of hydrogen-bond donors (Lipinski definition) is 2. The van der Waals surface area contributed by atoms with Gasteiger partial charge in [-0.1, -0.05) is 18.2 Å². The molecule has 6 nitrogen and oxygen atoms in total. The van der Waals surface area contributed by atoms with Gasteiger partial charge in [-0.2, -0.15) is 0 Å². The van der Waals surface area contributed by atoms with Gasteiger partial charge in [0.25, 0.3) is 0 Å². The number of hydrogen-bond acceptors (Lipinski definition) is 4. The third-order valence-electron chi connectivity index (χ3n) is 6.39. The Morgan fingerprint density at radius 3 is 3.04 bits per heavy atom. The molecular formula is C21H30N2O4. The Hall–Kier alpha value is -1.79. The average Bonchev–Trinajstić information content (AvgIpc) is 3.11. The van der Waals surface area contributed by atoms with Crippen LogP contribution >= 0.6 is 0 Å². The lowest BCUT2D eigenvalue weighted by Gasteiger charge is -2.43. The third-order valence-corrected chi connectivity index (χ3v) is 6.39. The maximum Gasteiger partial charge on any atom is 0.318 e. The monoisotopic (exact) mass is 374 g/mol. The number of aliphatic hydroxyl groups is 1. The van der Waals surface area contributed by atoms with E-state index in [2.05, 4.69) is 11.4 Å². The van der Waals surface area contributed by atoms with E-state index in [1.54, 1.807) is 0 Å². The van der Waals surface area contributed by atoms with Crippen molar-refractivity contribution in [3.05, 3.63) is 29.3 Å². The van der Waals surface area contributed by atoms with Crippen LogP contribution in [0.4, 0.5) is 4.79 Å². The Balaban J connectivity index is 1.42. The highest BCUT2D eigenvalue weighted by Gasteiger charge is 2.45. The quantitative estimate of drug-likeness (QED) is 0.833. The maximum absolute atomic E-state index is 13.0. The number of fused-ring (bicyclic) bond motifs is 1. The van der Waals surface area contributed by atoms with E-state index in [-0.39, 0.29) is 24.0 Å². The Morgan fingerprint density at radius 2 is 2.22 bits per heavy atom. The van der Waals surface area contributed by atoms with Gasteiger partial charge in [0.15, 0.2) is 0 Å². The summed E-state index contributed by atoms with van der Waals surface area (Å²) in [6.07, 6.45) is 3.29. The first kappa shape index (κ1) is 18.6. The molecule has 4 rings (SSSR count). The van der Waals surface area contributed by atoms with E-state index < -0.39 is 5.60 Å². The number of ether oxygens (including phenoxy) is 2. The lowest BCUT2D eigenvalue weighted by Crippen LogP contribution is -2.57. The van der Waals surface area contributed by atoms with Gasteiger partial charge in [-0.3, -0.25) is 0 Å². The second-order valence-corrected chi connectivity index (χ2v) is 8.42. The summed E-state index contributed by atoms with van der Waals surface area (Å²) in [6.45, 7) is 6.24. The fourth-order valence-corrected chi connectivity index (χ4v) is 4.78. The second-order valence-electron chi connectivity index (χ2n) is 8.42.